The van der Waals surface area contributed by atoms with Gasteiger partial charge in [-0.15, -0.1) is 0 Å². The van der Waals surface area contributed by atoms with Gasteiger partial charge in [0.2, 0.25) is 6.79 Å². The first-order chi connectivity index (χ1) is 17.9. The average Bonchev–Trinajstić information content (AvgIpc) is 3.36. The Morgan fingerprint density at radius 1 is 0.973 bits per heavy atom. The van der Waals surface area contributed by atoms with Crippen molar-refractivity contribution in [1.29, 1.82) is 0 Å². The Labute approximate surface area is 213 Å². The third-order valence-electron chi connectivity index (χ3n) is 5.40. The molecule has 0 bridgehead atoms. The highest BCUT2D eigenvalue weighted by Crippen LogP contribution is 2.32. The lowest BCUT2D eigenvalue weighted by molar-refractivity contribution is -0.139. The summed E-state index contributed by atoms with van der Waals surface area (Å²) < 4.78 is 16.2. The molecule has 1 aliphatic heterocycles. The van der Waals surface area contributed by atoms with Gasteiger partial charge in [-0.05, 0) is 55.3 Å². The molecule has 3 aromatic carbocycles. The monoisotopic (exact) mass is 502 g/mol. The lowest BCUT2D eigenvalue weighted by Gasteiger charge is -2.11. The molecule has 0 saturated heterocycles. The summed E-state index contributed by atoms with van der Waals surface area (Å²) in [5.41, 5.74) is 6.23. The largest absolute Gasteiger partial charge is 0.483 e. The number of nitrogens with one attached hydrogen (secondary N) is 3. The van der Waals surface area contributed by atoms with E-state index < -0.39 is 11.8 Å². The molecule has 190 valence electrons. The molecule has 4 rings (SSSR count). The van der Waals surface area contributed by atoms with E-state index in [0.717, 1.165) is 16.7 Å². The van der Waals surface area contributed by atoms with Gasteiger partial charge < -0.3 is 24.8 Å². The Bertz CT molecular complexity index is 1350. The lowest BCUT2D eigenvalue weighted by atomic mass is 10.1. The van der Waals surface area contributed by atoms with Crippen LogP contribution < -0.4 is 30.3 Å². The maximum Gasteiger partial charge on any atom is 0.329 e. The Balaban J connectivity index is 1.26. The third kappa shape index (κ3) is 6.85. The van der Waals surface area contributed by atoms with Crippen LogP contribution in [-0.2, 0) is 20.9 Å². The van der Waals surface area contributed by atoms with Gasteiger partial charge in [-0.1, -0.05) is 35.9 Å². The van der Waals surface area contributed by atoms with Crippen LogP contribution in [0.2, 0.25) is 0 Å². The maximum atomic E-state index is 12.3. The second-order valence-electron chi connectivity index (χ2n) is 8.26. The minimum atomic E-state index is -0.928. The molecule has 1 aliphatic rings. The van der Waals surface area contributed by atoms with E-state index in [1.807, 2.05) is 32.0 Å². The normalized spacial score (nSPS) is 11.7. The number of para-hydroxylation sites is 1. The summed E-state index contributed by atoms with van der Waals surface area (Å²) in [4.78, 5) is 36.6. The number of aryl methyl sites for hydroxylation is 2. The van der Waals surface area contributed by atoms with E-state index in [1.54, 1.807) is 42.5 Å². The van der Waals surface area contributed by atoms with Crippen molar-refractivity contribution in [2.24, 2.45) is 5.10 Å². The second-order valence-corrected chi connectivity index (χ2v) is 8.26. The Morgan fingerprint density at radius 3 is 2.62 bits per heavy atom. The van der Waals surface area contributed by atoms with Gasteiger partial charge in [0, 0.05) is 17.8 Å². The number of hydrazone groups is 1. The topological polar surface area (TPSA) is 127 Å². The van der Waals surface area contributed by atoms with Crippen LogP contribution in [0.4, 0.5) is 5.69 Å². The molecule has 3 N–H and O–H groups in total. The van der Waals surface area contributed by atoms with E-state index in [-0.39, 0.29) is 25.9 Å². The van der Waals surface area contributed by atoms with Gasteiger partial charge in [0.1, 0.15) is 5.75 Å². The summed E-state index contributed by atoms with van der Waals surface area (Å²) in [5.74, 6) is -0.474. The van der Waals surface area contributed by atoms with E-state index in [0.29, 0.717) is 28.5 Å². The number of ether oxygens (including phenoxy) is 3. The first kappa shape index (κ1) is 25.2. The van der Waals surface area contributed by atoms with Crippen molar-refractivity contribution < 1.29 is 28.6 Å². The van der Waals surface area contributed by atoms with Gasteiger partial charge in [-0.25, -0.2) is 5.43 Å². The van der Waals surface area contributed by atoms with E-state index in [1.165, 1.54) is 6.21 Å². The summed E-state index contributed by atoms with van der Waals surface area (Å²) in [5, 5.41) is 9.18. The van der Waals surface area contributed by atoms with E-state index in [2.05, 4.69) is 21.2 Å². The zero-order valence-corrected chi connectivity index (χ0v) is 20.4. The van der Waals surface area contributed by atoms with Crippen molar-refractivity contribution in [3.05, 3.63) is 82.9 Å². The predicted molar refractivity (Wildman–Crippen MR) is 137 cm³/mol. The van der Waals surface area contributed by atoms with Crippen LogP contribution in [-0.4, -0.2) is 37.3 Å². The molecule has 37 heavy (non-hydrogen) atoms. The van der Waals surface area contributed by atoms with Gasteiger partial charge in [-0.3, -0.25) is 14.4 Å². The van der Waals surface area contributed by atoms with Crippen molar-refractivity contribution in [3.8, 4) is 17.2 Å². The van der Waals surface area contributed by atoms with Crippen molar-refractivity contribution in [2.75, 3.05) is 18.7 Å². The number of carbonyl (C=O) groups excluding carboxylic acids is 3. The highest BCUT2D eigenvalue weighted by molar-refractivity contribution is 6.35. The van der Waals surface area contributed by atoms with Gasteiger partial charge in [0.25, 0.3) is 5.91 Å². The molecule has 10 nitrogen and oxygen atoms in total. The van der Waals surface area contributed by atoms with Crippen LogP contribution in [0.5, 0.6) is 17.2 Å². The average molecular weight is 503 g/mol. The van der Waals surface area contributed by atoms with Crippen LogP contribution in [0.1, 0.15) is 22.3 Å². The number of benzene rings is 3. The van der Waals surface area contributed by atoms with Crippen LogP contribution in [0.15, 0.2) is 65.8 Å². The van der Waals surface area contributed by atoms with Crippen molar-refractivity contribution in [2.45, 2.75) is 20.4 Å². The van der Waals surface area contributed by atoms with Crippen LogP contribution in [0, 0.1) is 13.8 Å². The summed E-state index contributed by atoms with van der Waals surface area (Å²) >= 11 is 0. The lowest BCUT2D eigenvalue weighted by Crippen LogP contribution is -2.37. The third-order valence-corrected chi connectivity index (χ3v) is 5.40. The zero-order chi connectivity index (χ0) is 26.2. The number of anilines is 1. The molecule has 1 heterocycles. The second kappa shape index (κ2) is 11.7. The molecule has 0 unspecified atom stereocenters. The van der Waals surface area contributed by atoms with Crippen LogP contribution in [0.25, 0.3) is 0 Å². The number of hydrogen-bond acceptors (Lipinski definition) is 7. The highest BCUT2D eigenvalue weighted by atomic mass is 16.7. The van der Waals surface area contributed by atoms with Crippen molar-refractivity contribution in [3.63, 3.8) is 0 Å². The Morgan fingerprint density at radius 2 is 1.78 bits per heavy atom. The van der Waals surface area contributed by atoms with Gasteiger partial charge in [0.05, 0.1) is 6.21 Å². The first-order valence-electron chi connectivity index (χ1n) is 11.5. The maximum absolute atomic E-state index is 12.3. The molecule has 0 fully saturated rings. The number of carbonyl (C=O) groups is 3. The van der Waals surface area contributed by atoms with Gasteiger partial charge >= 0.3 is 11.8 Å². The molecule has 0 spiro atoms. The number of rotatable bonds is 8. The standard InChI is InChI=1S/C27H26N4O6/c1-17-7-9-21(18(2)11-17)30-25(32)15-35-22-6-4-3-5-20(22)14-29-31-27(34)26(33)28-13-19-8-10-23-24(12-19)37-16-36-23/h3-12,14H,13,15-16H2,1-2H3,(H,28,33)(H,30,32)(H,31,34)/b29-14-. The van der Waals surface area contributed by atoms with E-state index in [4.69, 9.17) is 14.2 Å². The molecule has 0 radical (unpaired) electrons. The Kier molecular flexibility index (Phi) is 7.99. The smallest absolute Gasteiger partial charge is 0.329 e. The molecule has 10 heteroatoms. The van der Waals surface area contributed by atoms with Crippen LogP contribution in [0.3, 0.4) is 0 Å². The molecule has 0 atom stereocenters. The molecular formula is C27H26N4O6. The fourth-order valence-corrected chi connectivity index (χ4v) is 3.53. The fraction of sp³-hybridized carbons (Fsp3) is 0.185. The highest BCUT2D eigenvalue weighted by Gasteiger charge is 2.16. The number of fused-ring (bicyclic) bond motifs is 1. The molecule has 0 aromatic heterocycles. The van der Waals surface area contributed by atoms with Gasteiger partial charge in [0.15, 0.2) is 18.1 Å². The molecule has 0 saturated carbocycles. The van der Waals surface area contributed by atoms with E-state index >= 15 is 0 Å². The SMILES string of the molecule is Cc1ccc(NC(=O)COc2ccccc2/C=N\NC(=O)C(=O)NCc2ccc3c(c2)OCO3)c(C)c1. The van der Waals surface area contributed by atoms with Crippen LogP contribution >= 0.6 is 0 Å². The Hall–Kier alpha value is -4.86. The minimum absolute atomic E-state index is 0.132. The summed E-state index contributed by atoms with van der Waals surface area (Å²) in [6.07, 6.45) is 1.33. The molecule has 0 aliphatic carbocycles. The molecule has 3 amide bonds. The summed E-state index contributed by atoms with van der Waals surface area (Å²) in [7, 11) is 0. The molecule has 3 aromatic rings. The summed E-state index contributed by atoms with van der Waals surface area (Å²) in [6, 6.07) is 17.9. The fourth-order valence-electron chi connectivity index (χ4n) is 3.53. The summed E-state index contributed by atoms with van der Waals surface area (Å²) in [6.45, 7) is 3.97. The quantitative estimate of drug-likeness (QED) is 0.247. The minimum Gasteiger partial charge on any atom is -0.483 e. The number of amides is 3. The first-order valence-corrected chi connectivity index (χ1v) is 11.5. The predicted octanol–water partition coefficient (Wildman–Crippen LogP) is 2.82. The zero-order valence-electron chi connectivity index (χ0n) is 20.4. The van der Waals surface area contributed by atoms with E-state index in [9.17, 15) is 14.4 Å². The molecular weight excluding hydrogens is 476 g/mol. The van der Waals surface area contributed by atoms with Gasteiger partial charge in [-0.2, -0.15) is 5.10 Å². The number of nitrogens with zero attached hydrogens (tertiary/aromatic N) is 1. The number of hydrogen-bond donors (Lipinski definition) is 3. The van der Waals surface area contributed by atoms with Crippen molar-refractivity contribution in [1.82, 2.24) is 10.7 Å². The van der Waals surface area contributed by atoms with Crippen molar-refractivity contribution >= 4 is 29.6 Å².